The number of rotatable bonds is 3. The molecule has 8 nitrogen and oxygen atoms in total. The molecule has 0 saturated carbocycles. The van der Waals surface area contributed by atoms with Gasteiger partial charge >= 0.3 is 6.18 Å². The Labute approximate surface area is 224 Å². The maximum Gasteiger partial charge on any atom is 0.416 e. The highest BCUT2D eigenvalue weighted by atomic mass is 35.5. The number of thioether (sulfide) groups is 1. The number of likely N-dealkylation sites (tertiary alicyclic amines) is 1. The first-order chi connectivity index (χ1) is 18.1. The van der Waals surface area contributed by atoms with Crippen molar-refractivity contribution in [2.75, 3.05) is 26.2 Å². The summed E-state index contributed by atoms with van der Waals surface area (Å²) in [4.78, 5) is 18.6. The van der Waals surface area contributed by atoms with Crippen LogP contribution in [0.2, 0.25) is 5.02 Å². The molecule has 0 radical (unpaired) electrons. The van der Waals surface area contributed by atoms with E-state index in [1.54, 1.807) is 24.4 Å². The van der Waals surface area contributed by atoms with Crippen molar-refractivity contribution in [3.05, 3.63) is 69.2 Å². The third kappa shape index (κ3) is 5.89. The molecule has 4 heterocycles. The molecule has 0 bridgehead atoms. The number of β-amino-alcohol motifs (C(OH)–C–C–N with tert-alkyl or cyclic N) is 2. The highest BCUT2D eigenvalue weighted by Gasteiger charge is 2.34. The van der Waals surface area contributed by atoms with Crippen LogP contribution >= 0.6 is 23.4 Å². The largest absolute Gasteiger partial charge is 0.416 e. The van der Waals surface area contributed by atoms with Gasteiger partial charge in [-0.15, -0.1) is 0 Å². The van der Waals surface area contributed by atoms with E-state index < -0.39 is 17.8 Å². The second kappa shape index (κ2) is 10.7. The van der Waals surface area contributed by atoms with Gasteiger partial charge in [-0.25, -0.2) is 0 Å². The molecular weight excluding hydrogens is 543 g/mol. The summed E-state index contributed by atoms with van der Waals surface area (Å²) in [7, 11) is 0. The summed E-state index contributed by atoms with van der Waals surface area (Å²) in [6, 6.07) is 9.05. The van der Waals surface area contributed by atoms with Gasteiger partial charge in [-0.1, -0.05) is 23.7 Å². The smallest absolute Gasteiger partial charge is 0.390 e. The Balaban J connectivity index is 0.000000529. The lowest BCUT2D eigenvalue weighted by atomic mass is 10.1. The van der Waals surface area contributed by atoms with Crippen molar-refractivity contribution < 1.29 is 28.2 Å². The minimum Gasteiger partial charge on any atom is -0.390 e. The molecule has 38 heavy (non-hydrogen) atoms. The Bertz CT molecular complexity index is 1430. The number of fused-ring (bicyclic) bond motifs is 1. The molecule has 200 valence electrons. The minimum absolute atomic E-state index is 0.0193. The van der Waals surface area contributed by atoms with Gasteiger partial charge in [-0.05, 0) is 53.2 Å². The third-order valence-corrected chi connectivity index (χ3v) is 7.44. The molecule has 2 saturated heterocycles. The van der Waals surface area contributed by atoms with Crippen molar-refractivity contribution >= 4 is 51.4 Å². The molecule has 0 spiro atoms. The van der Waals surface area contributed by atoms with Crippen LogP contribution in [-0.4, -0.2) is 74.4 Å². The zero-order chi connectivity index (χ0) is 27.0. The molecule has 1 amide bonds. The topological polar surface area (TPSA) is 103 Å². The first kappa shape index (κ1) is 26.7. The minimum atomic E-state index is -4.52. The van der Waals surface area contributed by atoms with E-state index in [0.29, 0.717) is 28.7 Å². The predicted octanol–water partition coefficient (Wildman–Crippen LogP) is 3.35. The van der Waals surface area contributed by atoms with E-state index >= 15 is 0 Å². The molecule has 1 aromatic heterocycles. The highest BCUT2D eigenvalue weighted by molar-refractivity contribution is 8.18. The van der Waals surface area contributed by atoms with E-state index in [1.807, 2.05) is 11.0 Å². The molecule has 2 aromatic carbocycles. The Hall–Kier alpha value is -2.90. The molecule has 13 heteroatoms. The van der Waals surface area contributed by atoms with Crippen LogP contribution in [0.1, 0.15) is 16.7 Å². The number of hydrogen-bond acceptors (Lipinski definition) is 7. The Morgan fingerprint density at radius 3 is 2.50 bits per heavy atom. The van der Waals surface area contributed by atoms with Gasteiger partial charge in [0.15, 0.2) is 5.17 Å². The summed E-state index contributed by atoms with van der Waals surface area (Å²) in [5.74, 6) is -0.338. The number of aliphatic hydroxyl groups excluding tert-OH is 2. The quantitative estimate of drug-likeness (QED) is 0.419. The zero-order valence-electron chi connectivity index (χ0n) is 19.8. The van der Waals surface area contributed by atoms with Crippen molar-refractivity contribution in [1.29, 1.82) is 0 Å². The van der Waals surface area contributed by atoms with Gasteiger partial charge in [0.25, 0.3) is 5.91 Å². The number of nitrogens with zero attached hydrogens (tertiary/aromatic N) is 4. The van der Waals surface area contributed by atoms with Crippen LogP contribution in [-0.2, 0) is 17.5 Å². The number of aliphatic hydroxyl groups is 2. The SMILES string of the molecule is O=C1N=C(N2CC(O)C2)SC1=Cc1ccc2c(cnn2Cc2ccc(Cl)cc2C(F)(F)F)c1.OC1CNC1. The molecule has 3 aromatic rings. The number of halogens is 4. The molecule has 0 aliphatic carbocycles. The van der Waals surface area contributed by atoms with Gasteiger partial charge in [-0.3, -0.25) is 9.48 Å². The summed E-state index contributed by atoms with van der Waals surface area (Å²) in [5, 5.41) is 26.3. The van der Waals surface area contributed by atoms with E-state index in [4.69, 9.17) is 16.7 Å². The Morgan fingerprint density at radius 1 is 1.13 bits per heavy atom. The fourth-order valence-electron chi connectivity index (χ4n) is 4.00. The Kier molecular flexibility index (Phi) is 7.51. The molecule has 0 atom stereocenters. The monoisotopic (exact) mass is 565 g/mol. The van der Waals surface area contributed by atoms with Gasteiger partial charge in [0, 0.05) is 36.6 Å². The lowest BCUT2D eigenvalue weighted by Gasteiger charge is -2.36. The Morgan fingerprint density at radius 2 is 1.87 bits per heavy atom. The van der Waals surface area contributed by atoms with E-state index in [9.17, 15) is 23.1 Å². The lowest BCUT2D eigenvalue weighted by molar-refractivity contribution is -0.138. The summed E-state index contributed by atoms with van der Waals surface area (Å²) in [5.41, 5.74) is 0.691. The molecule has 2 fully saturated rings. The fourth-order valence-corrected chi connectivity index (χ4v) is 5.11. The number of alkyl halides is 3. The molecule has 3 N–H and O–H groups in total. The van der Waals surface area contributed by atoms with Crippen molar-refractivity contribution in [2.24, 2.45) is 4.99 Å². The van der Waals surface area contributed by atoms with Crippen LogP contribution in [0, 0.1) is 0 Å². The van der Waals surface area contributed by atoms with Crippen LogP contribution in [0.3, 0.4) is 0 Å². The third-order valence-electron chi connectivity index (χ3n) is 6.16. The predicted molar refractivity (Wildman–Crippen MR) is 140 cm³/mol. The molecule has 3 aliphatic heterocycles. The molecule has 6 rings (SSSR count). The molecular formula is C25H23ClF3N5O3S. The maximum atomic E-state index is 13.4. The average molecular weight is 566 g/mol. The first-order valence-corrected chi connectivity index (χ1v) is 12.9. The first-order valence-electron chi connectivity index (χ1n) is 11.7. The number of amides is 1. The highest BCUT2D eigenvalue weighted by Crippen LogP contribution is 2.35. The van der Waals surface area contributed by atoms with E-state index in [2.05, 4.69) is 15.4 Å². The fraction of sp³-hybridized carbons (Fsp3) is 0.320. The van der Waals surface area contributed by atoms with E-state index in [0.717, 1.165) is 30.1 Å². The summed E-state index contributed by atoms with van der Waals surface area (Å²) in [6.45, 7) is 2.44. The second-order valence-electron chi connectivity index (χ2n) is 9.10. The van der Waals surface area contributed by atoms with Crippen molar-refractivity contribution in [3.8, 4) is 0 Å². The maximum absolute atomic E-state index is 13.4. The van der Waals surface area contributed by atoms with Crippen LogP contribution in [0.25, 0.3) is 17.0 Å². The second-order valence-corrected chi connectivity index (χ2v) is 10.5. The summed E-state index contributed by atoms with van der Waals surface area (Å²) >= 11 is 7.02. The van der Waals surface area contributed by atoms with Crippen LogP contribution in [0.4, 0.5) is 13.2 Å². The van der Waals surface area contributed by atoms with Gasteiger partial charge in [0.05, 0.1) is 40.9 Å². The van der Waals surface area contributed by atoms with Crippen LogP contribution < -0.4 is 5.32 Å². The van der Waals surface area contributed by atoms with Crippen LogP contribution in [0.15, 0.2) is 52.5 Å². The molecule has 0 unspecified atom stereocenters. The zero-order valence-corrected chi connectivity index (χ0v) is 21.4. The van der Waals surface area contributed by atoms with Crippen molar-refractivity contribution in [3.63, 3.8) is 0 Å². The van der Waals surface area contributed by atoms with Crippen LogP contribution in [0.5, 0.6) is 0 Å². The average Bonchev–Trinajstić information content (AvgIpc) is 3.39. The normalized spacial score (nSPS) is 19.3. The molecule has 3 aliphatic rings. The summed E-state index contributed by atoms with van der Waals surface area (Å²) < 4.78 is 41.8. The van der Waals surface area contributed by atoms with Crippen molar-refractivity contribution in [2.45, 2.75) is 24.9 Å². The number of aliphatic imine (C=N–C) groups is 1. The number of carbonyl (C=O) groups excluding carboxylic acids is 1. The van der Waals surface area contributed by atoms with Crippen molar-refractivity contribution in [1.82, 2.24) is 20.0 Å². The number of nitrogens with one attached hydrogen (secondary N) is 1. The van der Waals surface area contributed by atoms with Gasteiger partial charge < -0.3 is 20.4 Å². The standard InChI is InChI=1S/C22H16ClF3N4O2S.C3H7NO/c23-15-3-2-13(17(7-15)22(24,25)26)9-30-18-4-1-12(5-14(18)8-27-30)6-19-20(32)28-21(33-19)29-10-16(31)11-29;5-3-1-4-2-3/h1-8,16,31H,9-11H2;3-5H,1-2H2. The number of carbonyl (C=O) groups is 1. The number of benzene rings is 2. The van der Waals surface area contributed by atoms with E-state index in [1.165, 1.54) is 28.6 Å². The van der Waals surface area contributed by atoms with E-state index in [-0.39, 0.29) is 29.1 Å². The van der Waals surface area contributed by atoms with Gasteiger partial charge in [0.1, 0.15) is 0 Å². The lowest BCUT2D eigenvalue weighted by Crippen LogP contribution is -2.52. The van der Waals surface area contributed by atoms with Gasteiger partial charge in [-0.2, -0.15) is 23.3 Å². The number of amidine groups is 1. The van der Waals surface area contributed by atoms with Gasteiger partial charge in [0.2, 0.25) is 0 Å². The number of aromatic nitrogens is 2. The summed E-state index contributed by atoms with van der Waals surface area (Å²) in [6.07, 6.45) is -1.67. The number of hydrogen-bond donors (Lipinski definition) is 3.